The predicted molar refractivity (Wildman–Crippen MR) is 77.2 cm³/mol. The van der Waals surface area contributed by atoms with Crippen molar-refractivity contribution in [2.75, 3.05) is 32.8 Å². The Bertz CT molecular complexity index is 351. The molecule has 0 aromatic carbocycles. The maximum Gasteiger partial charge on any atom is 0.0645 e. The molecule has 1 saturated heterocycles. The molecule has 0 bridgehead atoms. The van der Waals surface area contributed by atoms with Crippen LogP contribution >= 0.6 is 11.3 Å². The molecular formula is C14H24N2OS. The zero-order valence-corrected chi connectivity index (χ0v) is 12.4. The van der Waals surface area contributed by atoms with Crippen LogP contribution in [0.4, 0.5) is 0 Å². The molecule has 2 rings (SSSR count). The topological polar surface area (TPSA) is 24.5 Å². The standard InChI is InChI=1S/C14H24N2OS/c1-12(13-5-4-10-18-13)15-6-7-16-8-9-17-11-14(16,2)3/h4-5,10,12,15H,6-9,11H2,1-3H3. The van der Waals surface area contributed by atoms with Crippen molar-refractivity contribution >= 4 is 11.3 Å². The van der Waals surface area contributed by atoms with Crippen LogP contribution < -0.4 is 5.32 Å². The molecule has 0 radical (unpaired) electrons. The summed E-state index contributed by atoms with van der Waals surface area (Å²) in [5, 5.41) is 5.74. The Morgan fingerprint density at radius 2 is 2.39 bits per heavy atom. The quantitative estimate of drug-likeness (QED) is 0.888. The largest absolute Gasteiger partial charge is 0.378 e. The van der Waals surface area contributed by atoms with E-state index in [0.29, 0.717) is 6.04 Å². The average molecular weight is 268 g/mol. The minimum absolute atomic E-state index is 0.173. The lowest BCUT2D eigenvalue weighted by atomic mass is 10.0. The normalized spacial score (nSPS) is 21.9. The molecular weight excluding hydrogens is 244 g/mol. The molecule has 0 saturated carbocycles. The third-order valence-corrected chi connectivity index (χ3v) is 4.67. The minimum Gasteiger partial charge on any atom is -0.378 e. The van der Waals surface area contributed by atoms with E-state index in [4.69, 9.17) is 4.74 Å². The molecule has 1 aliphatic rings. The maximum atomic E-state index is 5.54. The van der Waals surface area contributed by atoms with Gasteiger partial charge in [-0.1, -0.05) is 6.07 Å². The second kappa shape index (κ2) is 6.15. The maximum absolute atomic E-state index is 5.54. The van der Waals surface area contributed by atoms with E-state index in [-0.39, 0.29) is 5.54 Å². The number of morpholine rings is 1. The molecule has 4 heteroatoms. The first-order valence-electron chi connectivity index (χ1n) is 6.69. The molecule has 1 aromatic heterocycles. The van der Waals surface area contributed by atoms with Gasteiger partial charge in [0.05, 0.1) is 13.2 Å². The Labute approximate surface area is 114 Å². The van der Waals surface area contributed by atoms with Gasteiger partial charge in [0.15, 0.2) is 0 Å². The zero-order chi connectivity index (χ0) is 13.0. The molecule has 3 nitrogen and oxygen atoms in total. The number of nitrogens with zero attached hydrogens (tertiary/aromatic N) is 1. The molecule has 0 spiro atoms. The van der Waals surface area contributed by atoms with Crippen LogP contribution in [-0.4, -0.2) is 43.3 Å². The Morgan fingerprint density at radius 1 is 1.56 bits per heavy atom. The molecule has 0 aliphatic carbocycles. The summed E-state index contributed by atoms with van der Waals surface area (Å²) < 4.78 is 5.54. The fourth-order valence-electron chi connectivity index (χ4n) is 2.36. The SMILES string of the molecule is CC(NCCN1CCOCC1(C)C)c1cccs1. The lowest BCUT2D eigenvalue weighted by Crippen LogP contribution is -2.54. The van der Waals surface area contributed by atoms with Crippen molar-refractivity contribution in [3.8, 4) is 0 Å². The summed E-state index contributed by atoms with van der Waals surface area (Å²) in [7, 11) is 0. The summed E-state index contributed by atoms with van der Waals surface area (Å²) >= 11 is 1.82. The van der Waals surface area contributed by atoms with Gasteiger partial charge in [0.1, 0.15) is 0 Å². The van der Waals surface area contributed by atoms with Crippen LogP contribution in [0.5, 0.6) is 0 Å². The van der Waals surface area contributed by atoms with Gasteiger partial charge in [-0.2, -0.15) is 0 Å². The Hall–Kier alpha value is -0.420. The van der Waals surface area contributed by atoms with Crippen LogP contribution in [-0.2, 0) is 4.74 Å². The minimum atomic E-state index is 0.173. The number of ether oxygens (including phenoxy) is 1. The van der Waals surface area contributed by atoms with Gasteiger partial charge in [-0.05, 0) is 32.2 Å². The zero-order valence-electron chi connectivity index (χ0n) is 11.6. The van der Waals surface area contributed by atoms with Gasteiger partial charge in [0.2, 0.25) is 0 Å². The molecule has 2 heterocycles. The van der Waals surface area contributed by atoms with Crippen molar-refractivity contribution in [3.63, 3.8) is 0 Å². The van der Waals surface area contributed by atoms with E-state index in [9.17, 15) is 0 Å². The number of thiophene rings is 1. The Morgan fingerprint density at radius 3 is 3.06 bits per heavy atom. The van der Waals surface area contributed by atoms with Crippen molar-refractivity contribution in [1.29, 1.82) is 0 Å². The van der Waals surface area contributed by atoms with Crippen molar-refractivity contribution in [2.45, 2.75) is 32.4 Å². The van der Waals surface area contributed by atoms with Crippen molar-refractivity contribution in [1.82, 2.24) is 10.2 Å². The Balaban J connectivity index is 1.74. The number of rotatable bonds is 5. The number of hydrogen-bond acceptors (Lipinski definition) is 4. The molecule has 1 atom stereocenters. The van der Waals surface area contributed by atoms with E-state index in [0.717, 1.165) is 32.8 Å². The van der Waals surface area contributed by atoms with Crippen LogP contribution in [0.25, 0.3) is 0 Å². The van der Waals surface area contributed by atoms with Gasteiger partial charge in [-0.15, -0.1) is 11.3 Å². The van der Waals surface area contributed by atoms with E-state index >= 15 is 0 Å². The first-order chi connectivity index (χ1) is 8.59. The van der Waals surface area contributed by atoms with Gasteiger partial charge >= 0.3 is 0 Å². The third-order valence-electron chi connectivity index (χ3n) is 3.62. The molecule has 1 aliphatic heterocycles. The monoisotopic (exact) mass is 268 g/mol. The summed E-state index contributed by atoms with van der Waals surface area (Å²) in [5.41, 5.74) is 0.173. The number of nitrogens with one attached hydrogen (secondary N) is 1. The van der Waals surface area contributed by atoms with E-state index in [1.54, 1.807) is 0 Å². The van der Waals surface area contributed by atoms with Crippen LogP contribution in [0.1, 0.15) is 31.7 Å². The fourth-order valence-corrected chi connectivity index (χ4v) is 3.12. The molecule has 102 valence electrons. The second-order valence-corrected chi connectivity index (χ2v) is 6.52. The lowest BCUT2D eigenvalue weighted by Gasteiger charge is -2.42. The highest BCUT2D eigenvalue weighted by Crippen LogP contribution is 2.19. The highest BCUT2D eigenvalue weighted by molar-refractivity contribution is 7.10. The molecule has 1 unspecified atom stereocenters. The average Bonchev–Trinajstić information content (AvgIpc) is 2.84. The number of hydrogen-bond donors (Lipinski definition) is 1. The van der Waals surface area contributed by atoms with E-state index in [2.05, 4.69) is 48.5 Å². The first kappa shape index (κ1) is 14.0. The molecule has 1 aromatic rings. The van der Waals surface area contributed by atoms with Crippen LogP contribution in [0.15, 0.2) is 17.5 Å². The molecule has 1 N–H and O–H groups in total. The lowest BCUT2D eigenvalue weighted by molar-refractivity contribution is -0.0502. The molecule has 18 heavy (non-hydrogen) atoms. The highest BCUT2D eigenvalue weighted by Gasteiger charge is 2.29. The molecule has 0 amide bonds. The van der Waals surface area contributed by atoms with Crippen molar-refractivity contribution in [2.24, 2.45) is 0 Å². The van der Waals surface area contributed by atoms with Crippen molar-refractivity contribution in [3.05, 3.63) is 22.4 Å². The van der Waals surface area contributed by atoms with E-state index in [1.807, 2.05) is 11.3 Å². The van der Waals surface area contributed by atoms with Gasteiger partial charge < -0.3 is 10.1 Å². The van der Waals surface area contributed by atoms with Crippen molar-refractivity contribution < 1.29 is 4.74 Å². The molecule has 1 fully saturated rings. The van der Waals surface area contributed by atoms with E-state index < -0.39 is 0 Å². The van der Waals surface area contributed by atoms with Crippen LogP contribution in [0.3, 0.4) is 0 Å². The summed E-state index contributed by atoms with van der Waals surface area (Å²) in [5.74, 6) is 0. The predicted octanol–water partition coefficient (Wildman–Crippen LogP) is 2.51. The Kier molecular flexibility index (Phi) is 4.78. The van der Waals surface area contributed by atoms with Gasteiger partial charge in [-0.3, -0.25) is 4.90 Å². The first-order valence-corrected chi connectivity index (χ1v) is 7.57. The summed E-state index contributed by atoms with van der Waals surface area (Å²) in [6, 6.07) is 4.76. The summed E-state index contributed by atoms with van der Waals surface area (Å²) in [6.07, 6.45) is 0. The second-order valence-electron chi connectivity index (χ2n) is 5.54. The van der Waals surface area contributed by atoms with Gasteiger partial charge in [0, 0.05) is 36.1 Å². The van der Waals surface area contributed by atoms with Gasteiger partial charge in [0.25, 0.3) is 0 Å². The summed E-state index contributed by atoms with van der Waals surface area (Å²) in [6.45, 7) is 11.6. The summed E-state index contributed by atoms with van der Waals surface area (Å²) in [4.78, 5) is 3.93. The fraction of sp³-hybridized carbons (Fsp3) is 0.714. The highest BCUT2D eigenvalue weighted by atomic mass is 32.1. The van der Waals surface area contributed by atoms with Crippen LogP contribution in [0, 0.1) is 0 Å². The van der Waals surface area contributed by atoms with Crippen LogP contribution in [0.2, 0.25) is 0 Å². The van der Waals surface area contributed by atoms with E-state index in [1.165, 1.54) is 4.88 Å². The third kappa shape index (κ3) is 3.54. The smallest absolute Gasteiger partial charge is 0.0645 e. The van der Waals surface area contributed by atoms with Gasteiger partial charge in [-0.25, -0.2) is 0 Å².